The zero-order valence-corrected chi connectivity index (χ0v) is 14.0. The summed E-state index contributed by atoms with van der Waals surface area (Å²) in [5.41, 5.74) is 5.79. The summed E-state index contributed by atoms with van der Waals surface area (Å²) in [6.07, 6.45) is 1.33. The molecular weight excluding hydrogens is 359 g/mol. The average molecular weight is 373 g/mol. The zero-order valence-electron chi connectivity index (χ0n) is 12.4. The van der Waals surface area contributed by atoms with Gasteiger partial charge in [0.25, 0.3) is 5.91 Å². The predicted molar refractivity (Wildman–Crippen MR) is 85.1 cm³/mol. The highest BCUT2D eigenvalue weighted by Gasteiger charge is 2.52. The van der Waals surface area contributed by atoms with E-state index in [0.29, 0.717) is 5.02 Å². The molecule has 2 saturated heterocycles. The number of fused-ring (bicyclic) bond motifs is 2. The van der Waals surface area contributed by atoms with E-state index in [4.69, 9.17) is 17.3 Å². The molecule has 2 N–H and O–H groups in total. The van der Waals surface area contributed by atoms with Gasteiger partial charge in [-0.1, -0.05) is 11.6 Å². The molecule has 7 nitrogen and oxygen atoms in total. The van der Waals surface area contributed by atoms with Gasteiger partial charge in [-0.3, -0.25) is 9.20 Å². The summed E-state index contributed by atoms with van der Waals surface area (Å²) in [5.74, 6) is -1.83. The number of carbonyl (C=O) groups excluding carboxylic acids is 1. The molecule has 2 aliphatic rings. The summed E-state index contributed by atoms with van der Waals surface area (Å²) in [7, 11) is -3.32. The summed E-state index contributed by atoms with van der Waals surface area (Å²) in [5, 5.41) is -0.364. The van der Waals surface area contributed by atoms with E-state index in [1.54, 1.807) is 6.07 Å². The zero-order chi connectivity index (χ0) is 17.2. The van der Waals surface area contributed by atoms with Crippen molar-refractivity contribution in [2.45, 2.75) is 11.3 Å². The van der Waals surface area contributed by atoms with Gasteiger partial charge in [0.15, 0.2) is 15.5 Å². The normalized spacial score (nSPS) is 28.5. The van der Waals surface area contributed by atoms with Crippen molar-refractivity contribution >= 4 is 33.0 Å². The van der Waals surface area contributed by atoms with Crippen LogP contribution in [-0.4, -0.2) is 58.7 Å². The Kier molecular flexibility index (Phi) is 3.38. The Morgan fingerprint density at radius 1 is 1.38 bits per heavy atom. The fraction of sp³-hybridized carbons (Fsp3) is 0.429. The first-order chi connectivity index (χ1) is 11.3. The van der Waals surface area contributed by atoms with Crippen LogP contribution in [0.25, 0.3) is 5.65 Å². The summed E-state index contributed by atoms with van der Waals surface area (Å²) in [4.78, 5) is 17.9. The standard InChI is InChI=1S/C14H14ClFN4O3S/c15-7-1-2-11-18-12(13(16)20(11)3-7)14(21)19-4-8-9(17)6-24(22,23)10(8)5-19/h1-3,8-10H,4-6,17H2/t8-,9+,10-/m0/s1. The third-order valence-electron chi connectivity index (χ3n) is 4.76. The van der Waals surface area contributed by atoms with Crippen molar-refractivity contribution in [3.63, 3.8) is 0 Å². The highest BCUT2D eigenvalue weighted by atomic mass is 35.5. The maximum atomic E-state index is 14.5. The molecular formula is C14H14ClFN4O3S. The molecule has 1 amide bonds. The second kappa shape index (κ2) is 5.14. The topological polar surface area (TPSA) is 97.8 Å². The van der Waals surface area contributed by atoms with Crippen molar-refractivity contribution in [3.8, 4) is 0 Å². The Hall–Kier alpha value is -1.71. The average Bonchev–Trinajstić information content (AvgIpc) is 3.14. The van der Waals surface area contributed by atoms with Crippen LogP contribution in [0.1, 0.15) is 10.5 Å². The molecule has 2 fully saturated rings. The van der Waals surface area contributed by atoms with Crippen molar-refractivity contribution < 1.29 is 17.6 Å². The molecule has 0 unspecified atom stereocenters. The third-order valence-corrected chi connectivity index (χ3v) is 7.25. The van der Waals surface area contributed by atoms with E-state index < -0.39 is 33.0 Å². The molecule has 0 aliphatic carbocycles. The molecule has 10 heteroatoms. The minimum atomic E-state index is -3.32. The Bertz CT molecular complexity index is 960. The number of amides is 1. The van der Waals surface area contributed by atoms with Crippen LogP contribution >= 0.6 is 11.6 Å². The van der Waals surface area contributed by atoms with Crippen LogP contribution in [0.3, 0.4) is 0 Å². The number of halogens is 2. The van der Waals surface area contributed by atoms with E-state index in [1.807, 2.05) is 0 Å². The van der Waals surface area contributed by atoms with Gasteiger partial charge in [0.2, 0.25) is 5.95 Å². The second-order valence-corrected chi connectivity index (χ2v) is 8.93. The SMILES string of the molecule is N[C@@H]1CS(=O)(=O)[C@H]2CN(C(=O)c3nc4ccc(Cl)cn4c3F)C[C@@H]12. The van der Waals surface area contributed by atoms with Gasteiger partial charge in [-0.25, -0.2) is 13.4 Å². The number of hydrogen-bond acceptors (Lipinski definition) is 5. The Balaban J connectivity index is 1.67. The molecule has 0 bridgehead atoms. The number of pyridine rings is 1. The van der Waals surface area contributed by atoms with Gasteiger partial charge in [0.1, 0.15) is 5.65 Å². The number of rotatable bonds is 1. The molecule has 0 aromatic carbocycles. The Morgan fingerprint density at radius 2 is 2.12 bits per heavy atom. The fourth-order valence-electron chi connectivity index (χ4n) is 3.55. The lowest BCUT2D eigenvalue weighted by molar-refractivity contribution is 0.0775. The largest absolute Gasteiger partial charge is 0.335 e. The van der Waals surface area contributed by atoms with Crippen molar-refractivity contribution in [2.24, 2.45) is 11.7 Å². The summed E-state index contributed by atoms with van der Waals surface area (Å²) < 4.78 is 39.7. The smallest absolute Gasteiger partial charge is 0.277 e. The second-order valence-electron chi connectivity index (χ2n) is 6.23. The number of carbonyl (C=O) groups is 1. The van der Waals surface area contributed by atoms with E-state index in [9.17, 15) is 17.6 Å². The monoisotopic (exact) mass is 372 g/mol. The van der Waals surface area contributed by atoms with Crippen molar-refractivity contribution in [2.75, 3.05) is 18.8 Å². The Morgan fingerprint density at radius 3 is 2.83 bits per heavy atom. The van der Waals surface area contributed by atoms with E-state index in [2.05, 4.69) is 4.98 Å². The summed E-state index contributed by atoms with van der Waals surface area (Å²) in [6.45, 7) is 0.214. The van der Waals surface area contributed by atoms with Gasteiger partial charge in [0, 0.05) is 31.2 Å². The quantitative estimate of drug-likeness (QED) is 0.777. The molecule has 3 atom stereocenters. The molecule has 2 aromatic heterocycles. The van der Waals surface area contributed by atoms with Crippen molar-refractivity contribution in [1.29, 1.82) is 0 Å². The third kappa shape index (κ3) is 2.22. The van der Waals surface area contributed by atoms with Crippen LogP contribution in [-0.2, 0) is 9.84 Å². The number of imidazole rings is 1. The van der Waals surface area contributed by atoms with Crippen LogP contribution in [0.5, 0.6) is 0 Å². The first-order valence-corrected chi connectivity index (χ1v) is 9.47. The van der Waals surface area contributed by atoms with Crippen LogP contribution in [0.2, 0.25) is 5.02 Å². The first-order valence-electron chi connectivity index (χ1n) is 7.37. The molecule has 4 heterocycles. The van der Waals surface area contributed by atoms with Gasteiger partial charge in [-0.2, -0.15) is 4.39 Å². The number of hydrogen-bond donors (Lipinski definition) is 1. The van der Waals surface area contributed by atoms with Crippen molar-refractivity contribution in [3.05, 3.63) is 35.0 Å². The number of likely N-dealkylation sites (tertiary alicyclic amines) is 1. The lowest BCUT2D eigenvalue weighted by Gasteiger charge is -2.17. The molecule has 0 saturated carbocycles. The lowest BCUT2D eigenvalue weighted by atomic mass is 10.0. The fourth-order valence-corrected chi connectivity index (χ4v) is 5.97. The number of sulfone groups is 1. The van der Waals surface area contributed by atoms with Gasteiger partial charge in [-0.05, 0) is 12.1 Å². The minimum absolute atomic E-state index is 0.0214. The Labute approximate surface area is 142 Å². The molecule has 2 aromatic rings. The molecule has 0 spiro atoms. The molecule has 4 rings (SSSR count). The molecule has 24 heavy (non-hydrogen) atoms. The maximum absolute atomic E-state index is 14.5. The maximum Gasteiger partial charge on any atom is 0.277 e. The predicted octanol–water partition coefficient (Wildman–Crippen LogP) is 0.323. The van der Waals surface area contributed by atoms with Crippen molar-refractivity contribution in [1.82, 2.24) is 14.3 Å². The van der Waals surface area contributed by atoms with Gasteiger partial charge < -0.3 is 10.6 Å². The lowest BCUT2D eigenvalue weighted by Crippen LogP contribution is -2.36. The van der Waals surface area contributed by atoms with Crippen LogP contribution in [0, 0.1) is 11.9 Å². The van der Waals surface area contributed by atoms with Gasteiger partial charge in [0.05, 0.1) is 16.0 Å². The molecule has 0 radical (unpaired) electrons. The van der Waals surface area contributed by atoms with E-state index in [-0.39, 0.29) is 36.1 Å². The highest BCUT2D eigenvalue weighted by Crippen LogP contribution is 2.33. The van der Waals surface area contributed by atoms with E-state index in [1.165, 1.54) is 17.2 Å². The van der Waals surface area contributed by atoms with E-state index in [0.717, 1.165) is 4.40 Å². The van der Waals surface area contributed by atoms with Gasteiger partial charge in [-0.15, -0.1) is 0 Å². The number of aromatic nitrogens is 2. The number of nitrogens with zero attached hydrogens (tertiary/aromatic N) is 3. The first kappa shape index (κ1) is 15.8. The molecule has 2 aliphatic heterocycles. The highest BCUT2D eigenvalue weighted by molar-refractivity contribution is 7.92. The summed E-state index contributed by atoms with van der Waals surface area (Å²) >= 11 is 5.83. The number of nitrogens with two attached hydrogens (primary N) is 1. The van der Waals surface area contributed by atoms with Gasteiger partial charge >= 0.3 is 0 Å². The van der Waals surface area contributed by atoms with E-state index >= 15 is 0 Å². The van der Waals surface area contributed by atoms with Crippen LogP contribution in [0.15, 0.2) is 18.3 Å². The summed E-state index contributed by atoms with van der Waals surface area (Å²) in [6, 6.07) is 2.55. The van der Waals surface area contributed by atoms with Crippen LogP contribution in [0.4, 0.5) is 4.39 Å². The van der Waals surface area contributed by atoms with Crippen LogP contribution < -0.4 is 5.73 Å². The molecule has 128 valence electrons. The minimum Gasteiger partial charge on any atom is -0.335 e.